The van der Waals surface area contributed by atoms with Gasteiger partial charge in [0.25, 0.3) is 5.91 Å². The zero-order valence-electron chi connectivity index (χ0n) is 14.6. The normalized spacial score (nSPS) is 15.2. The molecule has 0 aliphatic carbocycles. The molecule has 1 aromatic heterocycles. The van der Waals surface area contributed by atoms with Crippen LogP contribution in [-0.4, -0.2) is 50.0 Å². The lowest BCUT2D eigenvalue weighted by Gasteiger charge is -2.29. The summed E-state index contributed by atoms with van der Waals surface area (Å²) in [5, 5.41) is 18.0. The molecule has 2 aromatic rings. The molecule has 1 saturated heterocycles. The highest BCUT2D eigenvalue weighted by molar-refractivity contribution is 6.30. The van der Waals surface area contributed by atoms with Gasteiger partial charge in [-0.25, -0.2) is 4.68 Å². The Morgan fingerprint density at radius 1 is 1.31 bits per heavy atom. The Morgan fingerprint density at radius 3 is 2.65 bits per heavy atom. The first-order valence-corrected chi connectivity index (χ1v) is 9.11. The van der Waals surface area contributed by atoms with Crippen LogP contribution in [0, 0.1) is 5.92 Å². The van der Waals surface area contributed by atoms with Crippen LogP contribution in [0.3, 0.4) is 0 Å². The van der Waals surface area contributed by atoms with E-state index < -0.39 is 5.97 Å². The first kappa shape index (κ1) is 18.4. The second kappa shape index (κ2) is 7.86. The van der Waals surface area contributed by atoms with Crippen LogP contribution in [0.5, 0.6) is 0 Å². The number of aliphatic carboxylic acids is 1. The smallest absolute Gasteiger partial charge is 0.306 e. The number of halogens is 1. The van der Waals surface area contributed by atoms with Gasteiger partial charge in [0.05, 0.1) is 17.3 Å². The number of carbonyl (C=O) groups excluding carboxylic acids is 1. The molecule has 3 rings (SSSR count). The zero-order valence-corrected chi connectivity index (χ0v) is 15.3. The molecule has 8 heteroatoms. The van der Waals surface area contributed by atoms with Crippen LogP contribution in [0.1, 0.15) is 42.4 Å². The van der Waals surface area contributed by atoms with Gasteiger partial charge >= 0.3 is 5.97 Å². The number of nitrogens with zero attached hydrogens (tertiary/aromatic N) is 4. The third-order valence-corrected chi connectivity index (χ3v) is 4.87. The van der Waals surface area contributed by atoms with Crippen molar-refractivity contribution in [1.29, 1.82) is 0 Å². The molecule has 26 heavy (non-hydrogen) atoms. The molecule has 1 fully saturated rings. The quantitative estimate of drug-likeness (QED) is 0.866. The first-order chi connectivity index (χ1) is 12.5. The molecule has 138 valence electrons. The average Bonchev–Trinajstić information content (AvgIpc) is 3.05. The summed E-state index contributed by atoms with van der Waals surface area (Å²) in [7, 11) is 0. The SMILES string of the molecule is CCCc1c(C(=O)N2CCC(C(=O)O)CC2)nnn1-c1cccc(Cl)c1. The average molecular weight is 377 g/mol. The Bertz CT molecular complexity index is 813. The summed E-state index contributed by atoms with van der Waals surface area (Å²) >= 11 is 6.07. The monoisotopic (exact) mass is 376 g/mol. The number of benzene rings is 1. The van der Waals surface area contributed by atoms with Crippen molar-refractivity contribution in [2.24, 2.45) is 5.92 Å². The third-order valence-electron chi connectivity index (χ3n) is 4.64. The van der Waals surface area contributed by atoms with E-state index in [2.05, 4.69) is 10.3 Å². The van der Waals surface area contributed by atoms with Gasteiger partial charge in [-0.15, -0.1) is 5.10 Å². The van der Waals surface area contributed by atoms with Gasteiger partial charge in [-0.05, 0) is 37.5 Å². The molecule has 0 saturated carbocycles. The van der Waals surface area contributed by atoms with Crippen LogP contribution in [0.25, 0.3) is 5.69 Å². The number of likely N-dealkylation sites (tertiary alicyclic amines) is 1. The van der Waals surface area contributed by atoms with Gasteiger partial charge in [-0.2, -0.15) is 0 Å². The molecule has 0 atom stereocenters. The van der Waals surface area contributed by atoms with Crippen molar-refractivity contribution in [3.05, 3.63) is 40.7 Å². The number of hydrogen-bond donors (Lipinski definition) is 1. The van der Waals surface area contributed by atoms with Crippen molar-refractivity contribution in [2.45, 2.75) is 32.6 Å². The first-order valence-electron chi connectivity index (χ1n) is 8.73. The van der Waals surface area contributed by atoms with Gasteiger partial charge in [0, 0.05) is 18.1 Å². The molecule has 0 unspecified atom stereocenters. The number of carboxylic acids is 1. The van der Waals surface area contributed by atoms with Crippen LogP contribution >= 0.6 is 11.6 Å². The highest BCUT2D eigenvalue weighted by atomic mass is 35.5. The van der Waals surface area contributed by atoms with Crippen molar-refractivity contribution >= 4 is 23.5 Å². The lowest BCUT2D eigenvalue weighted by Crippen LogP contribution is -2.40. The maximum absolute atomic E-state index is 12.9. The molecule has 1 aliphatic rings. The summed E-state index contributed by atoms with van der Waals surface area (Å²) in [4.78, 5) is 25.7. The van der Waals surface area contributed by atoms with E-state index in [-0.39, 0.29) is 11.8 Å². The molecule has 0 bridgehead atoms. The Labute approximate surface area is 156 Å². The summed E-state index contributed by atoms with van der Waals surface area (Å²) in [6, 6.07) is 7.25. The number of rotatable bonds is 5. The van der Waals surface area contributed by atoms with E-state index >= 15 is 0 Å². The second-order valence-electron chi connectivity index (χ2n) is 6.43. The molecule has 0 radical (unpaired) electrons. The maximum Gasteiger partial charge on any atom is 0.306 e. The number of piperidine rings is 1. The van der Waals surface area contributed by atoms with Gasteiger partial charge in [0.2, 0.25) is 0 Å². The predicted octanol–water partition coefficient (Wildman–Crippen LogP) is 2.81. The van der Waals surface area contributed by atoms with Gasteiger partial charge in [-0.1, -0.05) is 36.2 Å². The minimum absolute atomic E-state index is 0.189. The molecule has 1 amide bonds. The Kier molecular flexibility index (Phi) is 5.56. The predicted molar refractivity (Wildman–Crippen MR) is 96.6 cm³/mol. The molecule has 7 nitrogen and oxygen atoms in total. The highest BCUT2D eigenvalue weighted by Crippen LogP contribution is 2.22. The number of carboxylic acid groups (broad SMARTS) is 1. The zero-order chi connectivity index (χ0) is 18.7. The standard InChI is InChI=1S/C18H21ClN4O3/c1-2-4-15-16(17(24)22-9-7-12(8-10-22)18(25)26)20-21-23(15)14-6-3-5-13(19)11-14/h3,5-6,11-12H,2,4,7-10H2,1H3,(H,25,26). The molecule has 2 heterocycles. The summed E-state index contributed by atoms with van der Waals surface area (Å²) in [5.41, 5.74) is 1.85. The van der Waals surface area contributed by atoms with Gasteiger partial charge in [-0.3, -0.25) is 9.59 Å². The number of hydrogen-bond acceptors (Lipinski definition) is 4. The lowest BCUT2D eigenvalue weighted by molar-refractivity contribution is -0.143. The van der Waals surface area contributed by atoms with E-state index in [0.717, 1.165) is 17.8 Å². The van der Waals surface area contributed by atoms with Crippen LogP contribution in [0.2, 0.25) is 5.02 Å². The van der Waals surface area contributed by atoms with E-state index in [1.54, 1.807) is 21.7 Å². The Balaban J connectivity index is 1.86. The molecule has 1 aliphatic heterocycles. The molecular formula is C18H21ClN4O3. The van der Waals surface area contributed by atoms with Crippen molar-refractivity contribution in [3.63, 3.8) is 0 Å². The van der Waals surface area contributed by atoms with Crippen LogP contribution in [0.15, 0.2) is 24.3 Å². The Hall–Kier alpha value is -2.41. The van der Waals surface area contributed by atoms with E-state index in [0.29, 0.717) is 43.1 Å². The van der Waals surface area contributed by atoms with E-state index in [9.17, 15) is 9.59 Å². The van der Waals surface area contributed by atoms with Gasteiger partial charge in [0.1, 0.15) is 0 Å². The summed E-state index contributed by atoms with van der Waals surface area (Å²) in [5.74, 6) is -1.36. The van der Waals surface area contributed by atoms with Crippen LogP contribution in [0.4, 0.5) is 0 Å². The van der Waals surface area contributed by atoms with E-state index in [1.165, 1.54) is 0 Å². The minimum Gasteiger partial charge on any atom is -0.481 e. The van der Waals surface area contributed by atoms with E-state index in [1.807, 2.05) is 19.1 Å². The summed E-state index contributed by atoms with van der Waals surface area (Å²) in [6.45, 7) is 2.87. The van der Waals surface area contributed by atoms with Crippen LogP contribution in [-0.2, 0) is 11.2 Å². The van der Waals surface area contributed by atoms with Crippen molar-refractivity contribution in [1.82, 2.24) is 19.9 Å². The summed E-state index contributed by atoms with van der Waals surface area (Å²) in [6.07, 6.45) is 2.43. The fourth-order valence-corrected chi connectivity index (χ4v) is 3.41. The largest absolute Gasteiger partial charge is 0.481 e. The van der Waals surface area contributed by atoms with Crippen molar-refractivity contribution in [2.75, 3.05) is 13.1 Å². The number of amides is 1. The minimum atomic E-state index is -0.796. The maximum atomic E-state index is 12.9. The van der Waals surface area contributed by atoms with Gasteiger partial charge in [0.15, 0.2) is 5.69 Å². The lowest BCUT2D eigenvalue weighted by atomic mass is 9.97. The molecule has 1 aromatic carbocycles. The van der Waals surface area contributed by atoms with Crippen molar-refractivity contribution < 1.29 is 14.7 Å². The molecular weight excluding hydrogens is 356 g/mol. The fraction of sp³-hybridized carbons (Fsp3) is 0.444. The van der Waals surface area contributed by atoms with Crippen LogP contribution < -0.4 is 0 Å². The topological polar surface area (TPSA) is 88.3 Å². The number of aromatic nitrogens is 3. The molecule has 0 spiro atoms. The van der Waals surface area contributed by atoms with Crippen molar-refractivity contribution in [3.8, 4) is 5.69 Å². The Morgan fingerprint density at radius 2 is 2.04 bits per heavy atom. The second-order valence-corrected chi connectivity index (χ2v) is 6.87. The van der Waals surface area contributed by atoms with Gasteiger partial charge < -0.3 is 10.0 Å². The fourth-order valence-electron chi connectivity index (χ4n) is 3.22. The molecule has 1 N–H and O–H groups in total. The number of carbonyl (C=O) groups is 2. The third kappa shape index (κ3) is 3.72. The van der Waals surface area contributed by atoms with E-state index in [4.69, 9.17) is 16.7 Å². The summed E-state index contributed by atoms with van der Waals surface area (Å²) < 4.78 is 1.66. The highest BCUT2D eigenvalue weighted by Gasteiger charge is 2.30.